The van der Waals surface area contributed by atoms with Gasteiger partial charge in [0.2, 0.25) is 0 Å². The van der Waals surface area contributed by atoms with Gasteiger partial charge in [-0.2, -0.15) is 11.3 Å². The Morgan fingerprint density at radius 1 is 1.57 bits per heavy atom. The number of aliphatic hydroxyl groups is 1. The number of carbonyl (C=O) groups is 2. The molecule has 1 aromatic rings. The molecule has 1 rings (SSSR count). The van der Waals surface area contributed by atoms with Crippen molar-refractivity contribution in [1.29, 1.82) is 0 Å². The van der Waals surface area contributed by atoms with Crippen molar-refractivity contribution in [1.82, 2.24) is 0 Å². The highest BCUT2D eigenvalue weighted by atomic mass is 32.1. The van der Waals surface area contributed by atoms with Gasteiger partial charge in [-0.15, -0.1) is 0 Å². The quantitative estimate of drug-likeness (QED) is 0.356. The normalized spacial score (nSPS) is 11.1. The summed E-state index contributed by atoms with van der Waals surface area (Å²) in [6.07, 6.45) is 0.841. The molecule has 1 aromatic heterocycles. The fraction of sp³-hybridized carbons (Fsp3) is 0.111. The second kappa shape index (κ2) is 4.57. The summed E-state index contributed by atoms with van der Waals surface area (Å²) >= 11 is 1.38. The molecule has 0 aromatic carbocycles. The van der Waals surface area contributed by atoms with Crippen LogP contribution >= 0.6 is 11.3 Å². The molecule has 5 heteroatoms. The van der Waals surface area contributed by atoms with E-state index in [2.05, 4.69) is 4.74 Å². The number of hydrogen-bond acceptors (Lipinski definition) is 5. The highest BCUT2D eigenvalue weighted by Crippen LogP contribution is 2.14. The summed E-state index contributed by atoms with van der Waals surface area (Å²) in [6, 6.07) is 1.64. The molecule has 4 nitrogen and oxygen atoms in total. The molecule has 0 spiro atoms. The Kier molecular flexibility index (Phi) is 3.41. The summed E-state index contributed by atoms with van der Waals surface area (Å²) in [6.45, 7) is 0. The smallest absolute Gasteiger partial charge is 0.378 e. The predicted molar refractivity (Wildman–Crippen MR) is 51.9 cm³/mol. The first-order valence-electron chi connectivity index (χ1n) is 3.70. The van der Waals surface area contributed by atoms with Crippen LogP contribution in [0.5, 0.6) is 0 Å². The van der Waals surface area contributed by atoms with E-state index in [0.717, 1.165) is 13.2 Å². The minimum Gasteiger partial charge on any atom is -0.507 e. The Bertz CT molecular complexity index is 364. The minimum atomic E-state index is -0.994. The molecule has 0 radical (unpaired) electrons. The monoisotopic (exact) mass is 212 g/mol. The van der Waals surface area contributed by atoms with Gasteiger partial charge < -0.3 is 9.84 Å². The van der Waals surface area contributed by atoms with Crippen LogP contribution in [0.3, 0.4) is 0 Å². The zero-order chi connectivity index (χ0) is 10.6. The highest BCUT2D eigenvalue weighted by molar-refractivity contribution is 7.08. The zero-order valence-electron chi connectivity index (χ0n) is 7.39. The second-order valence-corrected chi connectivity index (χ2v) is 3.18. The molecule has 0 aliphatic carbocycles. The number of rotatable bonds is 3. The zero-order valence-corrected chi connectivity index (χ0v) is 8.21. The van der Waals surface area contributed by atoms with Gasteiger partial charge in [0.05, 0.1) is 7.11 Å². The lowest BCUT2D eigenvalue weighted by Crippen LogP contribution is -2.12. The molecule has 0 bridgehead atoms. The van der Waals surface area contributed by atoms with Crippen molar-refractivity contribution in [3.8, 4) is 0 Å². The van der Waals surface area contributed by atoms with Gasteiger partial charge in [-0.1, -0.05) is 0 Å². The highest BCUT2D eigenvalue weighted by Gasteiger charge is 2.12. The average molecular weight is 212 g/mol. The molecule has 0 fully saturated rings. The van der Waals surface area contributed by atoms with Crippen LogP contribution in [0.2, 0.25) is 0 Å². The average Bonchev–Trinajstić information content (AvgIpc) is 2.69. The maximum atomic E-state index is 11.0. The molecule has 0 saturated carbocycles. The fourth-order valence-electron chi connectivity index (χ4n) is 0.777. The van der Waals surface area contributed by atoms with E-state index in [9.17, 15) is 14.7 Å². The molecule has 0 saturated heterocycles. The lowest BCUT2D eigenvalue weighted by Gasteiger charge is -1.95. The van der Waals surface area contributed by atoms with Crippen molar-refractivity contribution in [3.63, 3.8) is 0 Å². The number of thiophene rings is 1. The van der Waals surface area contributed by atoms with Crippen molar-refractivity contribution >= 4 is 28.8 Å². The Morgan fingerprint density at radius 2 is 2.29 bits per heavy atom. The fourth-order valence-corrected chi connectivity index (χ4v) is 1.43. The van der Waals surface area contributed by atoms with Crippen LogP contribution in [0.15, 0.2) is 22.9 Å². The molecule has 0 aliphatic rings. The third-order valence-electron chi connectivity index (χ3n) is 1.47. The van der Waals surface area contributed by atoms with Crippen LogP contribution < -0.4 is 0 Å². The standard InChI is InChI=1S/C9H8O4S/c1-13-9(12)8(11)4-7(10)6-2-3-14-5-6/h2-5,10H,1H3/b7-4-. The van der Waals surface area contributed by atoms with E-state index >= 15 is 0 Å². The van der Waals surface area contributed by atoms with Crippen LogP contribution in [-0.4, -0.2) is 24.0 Å². The number of ether oxygens (including phenoxy) is 1. The van der Waals surface area contributed by atoms with Crippen LogP contribution in [0, 0.1) is 0 Å². The van der Waals surface area contributed by atoms with Gasteiger partial charge in [0.1, 0.15) is 5.76 Å². The van der Waals surface area contributed by atoms with E-state index in [-0.39, 0.29) is 5.76 Å². The maximum Gasteiger partial charge on any atom is 0.378 e. The first-order chi connectivity index (χ1) is 6.65. The van der Waals surface area contributed by atoms with Gasteiger partial charge in [0, 0.05) is 17.0 Å². The third-order valence-corrected chi connectivity index (χ3v) is 2.15. The molecular weight excluding hydrogens is 204 g/mol. The molecule has 0 unspecified atom stereocenters. The number of carbonyl (C=O) groups excluding carboxylic acids is 2. The molecule has 0 amide bonds. The summed E-state index contributed by atoms with van der Waals surface area (Å²) in [5.74, 6) is -2.11. The molecule has 1 heterocycles. The van der Waals surface area contributed by atoms with Crippen LogP contribution in [0.1, 0.15) is 5.56 Å². The number of methoxy groups -OCH3 is 1. The van der Waals surface area contributed by atoms with E-state index in [1.165, 1.54) is 11.3 Å². The summed E-state index contributed by atoms with van der Waals surface area (Å²) in [5, 5.41) is 12.8. The van der Waals surface area contributed by atoms with Crippen LogP contribution in [0.4, 0.5) is 0 Å². The first kappa shape index (κ1) is 10.5. The summed E-state index contributed by atoms with van der Waals surface area (Å²) in [4.78, 5) is 21.7. The van der Waals surface area contributed by atoms with Crippen molar-refractivity contribution in [2.75, 3.05) is 7.11 Å². The molecule has 14 heavy (non-hydrogen) atoms. The summed E-state index contributed by atoms with van der Waals surface area (Å²) in [5.41, 5.74) is 0.507. The van der Waals surface area contributed by atoms with E-state index in [1.54, 1.807) is 16.8 Å². The topological polar surface area (TPSA) is 63.6 Å². The number of ketones is 1. The minimum absolute atomic E-state index is 0.235. The van der Waals surface area contributed by atoms with Gasteiger partial charge in [0.15, 0.2) is 0 Å². The van der Waals surface area contributed by atoms with Gasteiger partial charge in [-0.25, -0.2) is 4.79 Å². The van der Waals surface area contributed by atoms with E-state index < -0.39 is 11.8 Å². The summed E-state index contributed by atoms with van der Waals surface area (Å²) < 4.78 is 4.19. The van der Waals surface area contributed by atoms with Crippen LogP contribution in [0.25, 0.3) is 5.76 Å². The van der Waals surface area contributed by atoms with Gasteiger partial charge in [-0.05, 0) is 11.4 Å². The number of aliphatic hydroxyl groups excluding tert-OH is 1. The Hall–Kier alpha value is -1.62. The molecule has 1 N–H and O–H groups in total. The van der Waals surface area contributed by atoms with Gasteiger partial charge in [0.25, 0.3) is 5.78 Å². The predicted octanol–water partition coefficient (Wildman–Crippen LogP) is 1.39. The van der Waals surface area contributed by atoms with Crippen molar-refractivity contribution in [2.24, 2.45) is 0 Å². The largest absolute Gasteiger partial charge is 0.507 e. The molecule has 74 valence electrons. The third kappa shape index (κ3) is 2.43. The Morgan fingerprint density at radius 3 is 2.79 bits per heavy atom. The molecular formula is C9H8O4S. The van der Waals surface area contributed by atoms with E-state index in [0.29, 0.717) is 5.56 Å². The first-order valence-corrected chi connectivity index (χ1v) is 4.65. The van der Waals surface area contributed by atoms with Crippen molar-refractivity contribution in [2.45, 2.75) is 0 Å². The van der Waals surface area contributed by atoms with Crippen molar-refractivity contribution < 1.29 is 19.4 Å². The number of hydrogen-bond donors (Lipinski definition) is 1. The maximum absolute atomic E-state index is 11.0. The second-order valence-electron chi connectivity index (χ2n) is 2.40. The summed E-state index contributed by atoms with van der Waals surface area (Å²) in [7, 11) is 1.11. The van der Waals surface area contributed by atoms with E-state index in [4.69, 9.17) is 0 Å². The molecule has 0 aliphatic heterocycles. The lowest BCUT2D eigenvalue weighted by molar-refractivity contribution is -0.149. The van der Waals surface area contributed by atoms with Crippen LogP contribution in [-0.2, 0) is 14.3 Å². The Balaban J connectivity index is 2.79. The van der Waals surface area contributed by atoms with Gasteiger partial charge >= 0.3 is 5.97 Å². The van der Waals surface area contributed by atoms with Gasteiger partial charge in [-0.3, -0.25) is 4.79 Å². The molecule has 0 atom stereocenters. The van der Waals surface area contributed by atoms with E-state index in [1.807, 2.05) is 0 Å². The SMILES string of the molecule is COC(=O)C(=O)/C=C(\O)c1ccsc1. The Labute approximate surface area is 84.4 Å². The van der Waals surface area contributed by atoms with Crippen molar-refractivity contribution in [3.05, 3.63) is 28.5 Å². The number of esters is 1. The lowest BCUT2D eigenvalue weighted by atomic mass is 10.2.